The lowest BCUT2D eigenvalue weighted by Crippen LogP contribution is -2.46. The van der Waals surface area contributed by atoms with Gasteiger partial charge >= 0.3 is 21.4 Å². The maximum absolute atomic E-state index is 5.19. The zero-order chi connectivity index (χ0) is 11.0. The minimum absolute atomic E-state index is 0.454. The van der Waals surface area contributed by atoms with Crippen LogP contribution in [0.3, 0.4) is 0 Å². The summed E-state index contributed by atoms with van der Waals surface area (Å²) in [5, 5.41) is 0. The van der Waals surface area contributed by atoms with Crippen molar-refractivity contribution in [2.75, 3.05) is 0 Å². The Morgan fingerprint density at radius 3 is 1.00 bits per heavy atom. The summed E-state index contributed by atoms with van der Waals surface area (Å²) in [5.74, 6) is 4.65. The van der Waals surface area contributed by atoms with E-state index in [0.717, 1.165) is 0 Å². The fraction of sp³-hybridized carbons (Fsp3) is 0. The third kappa shape index (κ3) is 3.83. The zero-order valence-electron chi connectivity index (χ0n) is 8.22. The molecule has 6 heteroatoms. The molecule has 1 fully saturated rings. The van der Waals surface area contributed by atoms with Gasteiger partial charge in [0.1, 0.15) is 0 Å². The molecule has 0 aromatic carbocycles. The van der Waals surface area contributed by atoms with Crippen LogP contribution in [0.1, 0.15) is 0 Å². The highest BCUT2D eigenvalue weighted by atomic mass is 16.7. The van der Waals surface area contributed by atoms with Crippen molar-refractivity contribution < 1.29 is 13.7 Å². The van der Waals surface area contributed by atoms with Crippen molar-refractivity contribution >= 4 is 21.4 Å². The van der Waals surface area contributed by atoms with Crippen LogP contribution >= 0.6 is 0 Å². The van der Waals surface area contributed by atoms with Crippen molar-refractivity contribution in [1.82, 2.24) is 0 Å². The minimum atomic E-state index is -0.454. The van der Waals surface area contributed by atoms with Gasteiger partial charge < -0.3 is 13.7 Å². The molecule has 0 amide bonds. The fourth-order valence-electron chi connectivity index (χ4n) is 0.826. The normalized spacial score (nSPS) is 15.3. The summed E-state index contributed by atoms with van der Waals surface area (Å²) in [6.45, 7) is 16.6. The molecule has 1 saturated heterocycles. The van der Waals surface area contributed by atoms with Gasteiger partial charge in [-0.1, -0.05) is 17.9 Å². The molecule has 0 aromatic heterocycles. The average molecular weight is 190 g/mol. The van der Waals surface area contributed by atoms with Gasteiger partial charge in [-0.3, -0.25) is 0 Å². The average Bonchev–Trinajstić information content (AvgIpc) is 2.30. The van der Waals surface area contributed by atoms with E-state index < -0.39 is 21.4 Å². The summed E-state index contributed by atoms with van der Waals surface area (Å²) in [6, 6.07) is 0. The van der Waals surface area contributed by atoms with Crippen molar-refractivity contribution in [1.29, 1.82) is 0 Å². The van der Waals surface area contributed by atoms with Crippen molar-refractivity contribution in [3.05, 3.63) is 50.8 Å². The van der Waals surface area contributed by atoms with E-state index in [1.165, 1.54) is 0 Å². The van der Waals surface area contributed by atoms with Crippen LogP contribution in [0.5, 0.6) is 0 Å². The van der Waals surface area contributed by atoms with Crippen molar-refractivity contribution in [3.63, 3.8) is 0 Å². The van der Waals surface area contributed by atoms with Gasteiger partial charge in [-0.2, -0.15) is 0 Å². The van der Waals surface area contributed by atoms with Crippen LogP contribution in [0, 0.1) is 0 Å². The molecule has 0 N–H and O–H groups in total. The van der Waals surface area contributed by atoms with Crippen molar-refractivity contribution in [2.24, 2.45) is 0 Å². The summed E-state index contributed by atoms with van der Waals surface area (Å²) in [7, 11) is -1.36. The molecule has 0 spiro atoms. The van der Waals surface area contributed by atoms with Gasteiger partial charge in [0.15, 0.2) is 0 Å². The molecule has 0 saturated carbocycles. The monoisotopic (exact) mass is 190 g/mol. The minimum Gasteiger partial charge on any atom is -0.445 e. The molecular weight excluding hydrogens is 177 g/mol. The second-order valence-corrected chi connectivity index (χ2v) is 2.22. The van der Waals surface area contributed by atoms with Gasteiger partial charge in [-0.05, 0) is 0 Å². The quantitative estimate of drug-likeness (QED) is 0.498. The number of hydrogen-bond donors (Lipinski definition) is 0. The van der Waals surface area contributed by atoms with Gasteiger partial charge in [0.2, 0.25) is 0 Å². The molecule has 0 bridgehead atoms. The van der Waals surface area contributed by atoms with Crippen LogP contribution in [0.15, 0.2) is 50.8 Å². The summed E-state index contributed by atoms with van der Waals surface area (Å²) < 4.78 is 15.6. The third-order valence-electron chi connectivity index (χ3n) is 1.38. The highest BCUT2D eigenvalue weighted by Gasteiger charge is 2.35. The molecule has 0 unspecified atom stereocenters. The maximum Gasteiger partial charge on any atom is 0.458 e. The van der Waals surface area contributed by atoms with Gasteiger partial charge in [-0.25, -0.2) is 0 Å². The van der Waals surface area contributed by atoms with Crippen LogP contribution in [0.4, 0.5) is 0 Å². The fourth-order valence-corrected chi connectivity index (χ4v) is 0.826. The van der Waals surface area contributed by atoms with Crippen LogP contribution < -0.4 is 0 Å². The number of hydrogen-bond acceptors (Lipinski definition) is 3. The van der Waals surface area contributed by atoms with Crippen LogP contribution in [-0.2, 0) is 13.7 Å². The standard InChI is InChI=1S/C6H9B3O3.C2H4/c1-4-7-10-8(5-2)12-9(6-3)11-7;1-2/h4-6H,1-3H2;1-2H2. The first-order chi connectivity index (χ1) is 6.80. The highest BCUT2D eigenvalue weighted by molar-refractivity contribution is 6.78. The first kappa shape index (κ1) is 13.0. The molecular formula is C8H13B3O3. The molecule has 1 aliphatic heterocycles. The van der Waals surface area contributed by atoms with Crippen molar-refractivity contribution in [3.8, 4) is 0 Å². The molecule has 1 rings (SSSR count). The Balaban J connectivity index is 0.000000791. The molecule has 0 atom stereocenters. The van der Waals surface area contributed by atoms with Crippen LogP contribution in [-0.4, -0.2) is 21.4 Å². The van der Waals surface area contributed by atoms with E-state index in [1.54, 1.807) is 17.9 Å². The van der Waals surface area contributed by atoms with E-state index in [4.69, 9.17) is 13.7 Å². The SMILES string of the molecule is C=C.C=CB1OB(C=C)OB(C=C)O1. The molecule has 1 heterocycles. The Bertz CT molecular complexity index is 171. The molecule has 0 aromatic rings. The predicted octanol–water partition coefficient (Wildman–Crippen LogP) is 1.49. The largest absolute Gasteiger partial charge is 0.458 e. The molecule has 14 heavy (non-hydrogen) atoms. The Hall–Kier alpha value is -0.965. The Kier molecular flexibility index (Phi) is 6.93. The Morgan fingerprint density at radius 2 is 0.857 bits per heavy atom. The second kappa shape index (κ2) is 7.44. The second-order valence-electron chi connectivity index (χ2n) is 2.22. The van der Waals surface area contributed by atoms with E-state index in [9.17, 15) is 0 Å². The predicted molar refractivity (Wildman–Crippen MR) is 62.4 cm³/mol. The Labute approximate surface area is 86.6 Å². The lowest BCUT2D eigenvalue weighted by molar-refractivity contribution is 0.306. The first-order valence-electron chi connectivity index (χ1n) is 4.14. The topological polar surface area (TPSA) is 27.7 Å². The van der Waals surface area contributed by atoms with E-state index in [2.05, 4.69) is 32.9 Å². The summed E-state index contributed by atoms with van der Waals surface area (Å²) in [5.41, 5.74) is 0. The third-order valence-corrected chi connectivity index (χ3v) is 1.38. The number of rotatable bonds is 3. The zero-order valence-corrected chi connectivity index (χ0v) is 8.22. The van der Waals surface area contributed by atoms with Crippen molar-refractivity contribution in [2.45, 2.75) is 0 Å². The van der Waals surface area contributed by atoms with E-state index in [-0.39, 0.29) is 0 Å². The molecule has 72 valence electrons. The molecule has 3 nitrogen and oxygen atoms in total. The van der Waals surface area contributed by atoms with E-state index in [0.29, 0.717) is 0 Å². The molecule has 1 aliphatic rings. The smallest absolute Gasteiger partial charge is 0.445 e. The summed E-state index contributed by atoms with van der Waals surface area (Å²) in [6.07, 6.45) is 0. The van der Waals surface area contributed by atoms with Gasteiger partial charge in [0.25, 0.3) is 0 Å². The Morgan fingerprint density at radius 1 is 0.643 bits per heavy atom. The maximum atomic E-state index is 5.19. The summed E-state index contributed by atoms with van der Waals surface area (Å²) >= 11 is 0. The molecule has 0 radical (unpaired) electrons. The first-order valence-corrected chi connectivity index (χ1v) is 4.14. The lowest BCUT2D eigenvalue weighted by atomic mass is 9.70. The van der Waals surface area contributed by atoms with Gasteiger partial charge in [0, 0.05) is 0 Å². The summed E-state index contributed by atoms with van der Waals surface area (Å²) in [4.78, 5) is 0. The van der Waals surface area contributed by atoms with Crippen LogP contribution in [0.25, 0.3) is 0 Å². The van der Waals surface area contributed by atoms with E-state index >= 15 is 0 Å². The van der Waals surface area contributed by atoms with E-state index in [1.807, 2.05) is 0 Å². The van der Waals surface area contributed by atoms with Crippen LogP contribution in [0.2, 0.25) is 0 Å². The lowest BCUT2D eigenvalue weighted by Gasteiger charge is -2.26. The van der Waals surface area contributed by atoms with Gasteiger partial charge in [0.05, 0.1) is 0 Å². The highest BCUT2D eigenvalue weighted by Crippen LogP contribution is 2.09. The van der Waals surface area contributed by atoms with Gasteiger partial charge in [-0.15, -0.1) is 32.9 Å². The molecule has 0 aliphatic carbocycles.